The average Bonchev–Trinajstić information content (AvgIpc) is 3.38. The maximum Gasteiger partial charge on any atom is 0.273 e. The molecule has 0 unspecified atom stereocenters. The van der Waals surface area contributed by atoms with Crippen LogP contribution in [0, 0.1) is 6.92 Å². The Balaban J connectivity index is 1.28. The van der Waals surface area contributed by atoms with Gasteiger partial charge in [0.25, 0.3) is 5.91 Å². The minimum atomic E-state index is -0.287. The summed E-state index contributed by atoms with van der Waals surface area (Å²) in [6, 6.07) is 9.23. The molecule has 148 valence electrons. The maximum atomic E-state index is 12.2. The molecule has 0 saturated carbocycles. The van der Waals surface area contributed by atoms with Crippen LogP contribution in [0.25, 0.3) is 10.8 Å². The van der Waals surface area contributed by atoms with Crippen molar-refractivity contribution in [1.82, 2.24) is 25.7 Å². The fourth-order valence-corrected chi connectivity index (χ4v) is 4.33. The first-order chi connectivity index (χ1) is 14.2. The molecular weight excluding hydrogens is 410 g/mol. The second kappa shape index (κ2) is 9.01. The third-order valence-electron chi connectivity index (χ3n) is 3.92. The fourth-order valence-electron chi connectivity index (χ4n) is 2.59. The third-order valence-corrected chi connectivity index (χ3v) is 5.90. The molecular formula is C19H17N5O3S2. The Morgan fingerprint density at radius 3 is 3.10 bits per heavy atom. The van der Waals surface area contributed by atoms with Crippen LogP contribution in [0.15, 0.2) is 51.6 Å². The SMILES string of the molecule is Cc1nnc(SCCNC(=O)c2cc(COc3cccc4cnccc34)on2)s1. The van der Waals surface area contributed by atoms with Gasteiger partial charge in [0.15, 0.2) is 15.8 Å². The first-order valence-electron chi connectivity index (χ1n) is 8.81. The highest BCUT2D eigenvalue weighted by Crippen LogP contribution is 2.25. The summed E-state index contributed by atoms with van der Waals surface area (Å²) in [5.41, 5.74) is 0.225. The van der Waals surface area contributed by atoms with E-state index in [0.29, 0.717) is 18.1 Å². The van der Waals surface area contributed by atoms with Crippen LogP contribution in [-0.2, 0) is 6.61 Å². The number of thioether (sulfide) groups is 1. The lowest BCUT2D eigenvalue weighted by Crippen LogP contribution is -2.25. The Hall–Kier alpha value is -2.98. The van der Waals surface area contributed by atoms with Crippen LogP contribution >= 0.6 is 23.1 Å². The third kappa shape index (κ3) is 4.90. The Morgan fingerprint density at radius 2 is 2.24 bits per heavy atom. The van der Waals surface area contributed by atoms with Crippen LogP contribution in [0.2, 0.25) is 0 Å². The molecule has 0 aliphatic carbocycles. The lowest BCUT2D eigenvalue weighted by Gasteiger charge is -2.07. The van der Waals surface area contributed by atoms with Gasteiger partial charge in [-0.3, -0.25) is 9.78 Å². The van der Waals surface area contributed by atoms with E-state index in [0.717, 1.165) is 25.9 Å². The van der Waals surface area contributed by atoms with Gasteiger partial charge in [-0.15, -0.1) is 10.2 Å². The number of rotatable bonds is 8. The van der Waals surface area contributed by atoms with Crippen molar-refractivity contribution in [1.29, 1.82) is 0 Å². The van der Waals surface area contributed by atoms with Crippen molar-refractivity contribution < 1.29 is 14.1 Å². The van der Waals surface area contributed by atoms with Crippen molar-refractivity contribution in [2.45, 2.75) is 17.9 Å². The predicted octanol–water partition coefficient (Wildman–Crippen LogP) is 3.48. The zero-order chi connectivity index (χ0) is 20.1. The van der Waals surface area contributed by atoms with Gasteiger partial charge in [0.2, 0.25) is 0 Å². The van der Waals surface area contributed by atoms with Crippen molar-refractivity contribution in [2.75, 3.05) is 12.3 Å². The number of nitrogens with one attached hydrogen (secondary N) is 1. The van der Waals surface area contributed by atoms with Gasteiger partial charge in [-0.25, -0.2) is 0 Å². The molecule has 0 bridgehead atoms. The van der Waals surface area contributed by atoms with Crippen molar-refractivity contribution in [3.8, 4) is 5.75 Å². The average molecular weight is 428 g/mol. The summed E-state index contributed by atoms with van der Waals surface area (Å²) in [5.74, 6) is 1.60. The van der Waals surface area contributed by atoms with Crippen LogP contribution < -0.4 is 10.1 Å². The van der Waals surface area contributed by atoms with E-state index in [4.69, 9.17) is 9.26 Å². The standard InChI is InChI=1S/C19H17N5O3S2/c1-12-22-23-19(29-12)28-8-7-21-18(25)16-9-14(27-24-16)11-26-17-4-2-3-13-10-20-6-5-15(13)17/h2-6,9-10H,7-8,11H2,1H3,(H,21,25). The van der Waals surface area contributed by atoms with E-state index in [1.807, 2.05) is 31.2 Å². The molecule has 8 nitrogen and oxygen atoms in total. The van der Waals surface area contributed by atoms with Gasteiger partial charge < -0.3 is 14.6 Å². The Morgan fingerprint density at radius 1 is 1.31 bits per heavy atom. The number of carbonyl (C=O) groups is 1. The van der Waals surface area contributed by atoms with E-state index in [-0.39, 0.29) is 18.2 Å². The van der Waals surface area contributed by atoms with Gasteiger partial charge in [0, 0.05) is 41.5 Å². The van der Waals surface area contributed by atoms with Gasteiger partial charge in [-0.2, -0.15) is 0 Å². The van der Waals surface area contributed by atoms with Gasteiger partial charge in [-0.05, 0) is 19.1 Å². The molecule has 0 atom stereocenters. The number of hydrogen-bond acceptors (Lipinski definition) is 9. The summed E-state index contributed by atoms with van der Waals surface area (Å²) >= 11 is 3.09. The molecule has 1 N–H and O–H groups in total. The largest absolute Gasteiger partial charge is 0.485 e. The molecule has 4 aromatic rings. The van der Waals surface area contributed by atoms with E-state index in [1.165, 1.54) is 11.3 Å². The Labute approximate surface area is 174 Å². The Kier molecular flexibility index (Phi) is 6.01. The molecule has 1 amide bonds. The number of pyridine rings is 1. The second-order valence-corrected chi connectivity index (χ2v) is 8.54. The van der Waals surface area contributed by atoms with Crippen LogP contribution in [0.5, 0.6) is 5.75 Å². The number of nitrogens with zero attached hydrogens (tertiary/aromatic N) is 4. The van der Waals surface area contributed by atoms with Crippen molar-refractivity contribution in [3.63, 3.8) is 0 Å². The molecule has 3 heterocycles. The summed E-state index contributed by atoms with van der Waals surface area (Å²) in [6.07, 6.45) is 3.50. The number of fused-ring (bicyclic) bond motifs is 1. The van der Waals surface area contributed by atoms with Gasteiger partial charge in [-0.1, -0.05) is 40.4 Å². The number of aromatic nitrogens is 4. The van der Waals surface area contributed by atoms with E-state index >= 15 is 0 Å². The maximum absolute atomic E-state index is 12.2. The molecule has 0 radical (unpaired) electrons. The molecule has 29 heavy (non-hydrogen) atoms. The number of aryl methyl sites for hydroxylation is 1. The minimum absolute atomic E-state index is 0.175. The molecule has 3 aromatic heterocycles. The molecule has 0 fully saturated rings. The molecule has 1 aromatic carbocycles. The smallest absolute Gasteiger partial charge is 0.273 e. The van der Waals surface area contributed by atoms with Crippen LogP contribution in [0.4, 0.5) is 0 Å². The summed E-state index contributed by atoms with van der Waals surface area (Å²) < 4.78 is 12.0. The first kappa shape index (κ1) is 19.3. The highest BCUT2D eigenvalue weighted by atomic mass is 32.2. The molecule has 0 saturated heterocycles. The summed E-state index contributed by atoms with van der Waals surface area (Å²) in [4.78, 5) is 16.3. The summed E-state index contributed by atoms with van der Waals surface area (Å²) in [6.45, 7) is 2.58. The second-order valence-electron chi connectivity index (χ2n) is 6.01. The van der Waals surface area contributed by atoms with Crippen molar-refractivity contribution >= 4 is 39.8 Å². The highest BCUT2D eigenvalue weighted by molar-refractivity contribution is 8.01. The normalized spacial score (nSPS) is 10.9. The first-order valence-corrected chi connectivity index (χ1v) is 10.6. The molecule has 0 aliphatic heterocycles. The van der Waals surface area contributed by atoms with Gasteiger partial charge in [0.1, 0.15) is 17.4 Å². The van der Waals surface area contributed by atoms with Gasteiger partial charge >= 0.3 is 0 Å². The van der Waals surface area contributed by atoms with Crippen molar-refractivity contribution in [3.05, 3.63) is 59.2 Å². The van der Waals surface area contributed by atoms with E-state index in [9.17, 15) is 4.79 Å². The van der Waals surface area contributed by atoms with E-state index in [1.54, 1.807) is 30.2 Å². The number of carbonyl (C=O) groups excluding carboxylic acids is 1. The van der Waals surface area contributed by atoms with E-state index < -0.39 is 0 Å². The lowest BCUT2D eigenvalue weighted by atomic mass is 10.1. The van der Waals surface area contributed by atoms with Crippen molar-refractivity contribution in [2.24, 2.45) is 0 Å². The number of ether oxygens (including phenoxy) is 1. The summed E-state index contributed by atoms with van der Waals surface area (Å²) in [7, 11) is 0. The molecule has 0 aliphatic rings. The zero-order valence-corrected chi connectivity index (χ0v) is 17.1. The Bertz CT molecular complexity index is 1120. The fraction of sp³-hybridized carbons (Fsp3) is 0.211. The van der Waals surface area contributed by atoms with Crippen LogP contribution in [-0.4, -0.2) is 38.5 Å². The minimum Gasteiger partial charge on any atom is -0.485 e. The number of amides is 1. The highest BCUT2D eigenvalue weighted by Gasteiger charge is 2.13. The predicted molar refractivity (Wildman–Crippen MR) is 110 cm³/mol. The molecule has 10 heteroatoms. The number of hydrogen-bond donors (Lipinski definition) is 1. The monoisotopic (exact) mass is 427 g/mol. The zero-order valence-electron chi connectivity index (χ0n) is 15.5. The number of benzene rings is 1. The van der Waals surface area contributed by atoms with Crippen LogP contribution in [0.1, 0.15) is 21.3 Å². The lowest BCUT2D eigenvalue weighted by molar-refractivity contribution is 0.0947. The van der Waals surface area contributed by atoms with E-state index in [2.05, 4.69) is 25.7 Å². The summed E-state index contributed by atoms with van der Waals surface area (Å²) in [5, 5.41) is 17.5. The topological polar surface area (TPSA) is 103 Å². The quantitative estimate of drug-likeness (QED) is 0.337. The molecule has 4 rings (SSSR count). The van der Waals surface area contributed by atoms with Crippen LogP contribution in [0.3, 0.4) is 0 Å². The van der Waals surface area contributed by atoms with Gasteiger partial charge in [0.05, 0.1) is 0 Å². The molecule has 0 spiro atoms.